The number of oxime groups is 1. The third kappa shape index (κ3) is 4.60. The predicted octanol–water partition coefficient (Wildman–Crippen LogP) is 4.58. The van der Waals surface area contributed by atoms with E-state index in [9.17, 15) is 24.6 Å². The summed E-state index contributed by atoms with van der Waals surface area (Å²) in [5.74, 6) is -0.380. The molecule has 8 nitrogen and oxygen atoms in total. The van der Waals surface area contributed by atoms with Gasteiger partial charge in [0.2, 0.25) is 0 Å². The molecular formula is C31H40N2O6. The van der Waals surface area contributed by atoms with Crippen LogP contribution < -0.4 is 5.32 Å². The van der Waals surface area contributed by atoms with E-state index in [4.69, 9.17) is 4.84 Å². The Balaban J connectivity index is 1.23. The Morgan fingerprint density at radius 1 is 1.05 bits per heavy atom. The maximum Gasteiger partial charge on any atom is 0.330 e. The van der Waals surface area contributed by atoms with E-state index in [0.29, 0.717) is 29.7 Å². The van der Waals surface area contributed by atoms with Gasteiger partial charge in [0, 0.05) is 5.41 Å². The van der Waals surface area contributed by atoms with Crippen LogP contribution in [0.15, 0.2) is 47.1 Å². The number of aliphatic hydroxyl groups is 1. The lowest BCUT2D eigenvalue weighted by Gasteiger charge is -2.59. The van der Waals surface area contributed by atoms with Gasteiger partial charge in [-0.15, -0.1) is 0 Å². The molecule has 0 spiro atoms. The summed E-state index contributed by atoms with van der Waals surface area (Å²) in [5, 5.41) is 27.6. The van der Waals surface area contributed by atoms with E-state index in [2.05, 4.69) is 30.4 Å². The summed E-state index contributed by atoms with van der Waals surface area (Å²) < 4.78 is 0. The molecule has 39 heavy (non-hydrogen) atoms. The molecule has 4 unspecified atom stereocenters. The van der Waals surface area contributed by atoms with Crippen molar-refractivity contribution in [2.75, 3.05) is 6.61 Å². The molecule has 1 aromatic rings. The summed E-state index contributed by atoms with van der Waals surface area (Å²) >= 11 is 0. The van der Waals surface area contributed by atoms with Crippen molar-refractivity contribution in [1.29, 1.82) is 0 Å². The number of carboxylic acids is 1. The van der Waals surface area contributed by atoms with Crippen molar-refractivity contribution in [3.05, 3.63) is 47.5 Å². The van der Waals surface area contributed by atoms with Gasteiger partial charge in [-0.3, -0.25) is 9.59 Å². The number of carbonyl (C=O) groups excluding carboxylic acids is 2. The number of aliphatic carboxylic acids is 1. The molecule has 8 heteroatoms. The van der Waals surface area contributed by atoms with Crippen molar-refractivity contribution in [2.45, 2.75) is 83.8 Å². The zero-order chi connectivity index (χ0) is 28.0. The molecule has 4 aliphatic rings. The average molecular weight is 537 g/mol. The van der Waals surface area contributed by atoms with Gasteiger partial charge in [0.05, 0.1) is 5.71 Å². The number of hydrogen-bond acceptors (Lipinski definition) is 6. The number of carbonyl (C=O) groups is 3. The third-order valence-corrected chi connectivity index (χ3v) is 10.8. The molecule has 210 valence electrons. The number of hydrogen-bond donors (Lipinski definition) is 3. The number of Topliss-reactive ketones (excluding diaryl/α,β-unsaturated/α-hetero) is 1. The number of carboxylic acid groups (broad SMARTS) is 1. The van der Waals surface area contributed by atoms with E-state index in [-0.39, 0.29) is 23.2 Å². The van der Waals surface area contributed by atoms with Crippen LogP contribution >= 0.6 is 0 Å². The van der Waals surface area contributed by atoms with Gasteiger partial charge in [-0.05, 0) is 93.1 Å². The Bertz CT molecular complexity index is 1210. The van der Waals surface area contributed by atoms with Crippen LogP contribution in [0.4, 0.5) is 0 Å². The highest BCUT2D eigenvalue weighted by Crippen LogP contribution is 2.67. The summed E-state index contributed by atoms with van der Waals surface area (Å²) in [6.45, 7) is 5.70. The molecule has 3 saturated carbocycles. The first-order valence-electron chi connectivity index (χ1n) is 14.2. The molecule has 5 rings (SSSR count). The highest BCUT2D eigenvalue weighted by Gasteiger charge is 2.65. The fraction of sp³-hybridized carbons (Fsp3) is 0.613. The number of fused-ring (bicyclic) bond motifs is 5. The van der Waals surface area contributed by atoms with Gasteiger partial charge in [-0.1, -0.05) is 54.9 Å². The van der Waals surface area contributed by atoms with Crippen molar-refractivity contribution in [3.8, 4) is 0 Å². The van der Waals surface area contributed by atoms with Crippen LogP contribution in [0.2, 0.25) is 0 Å². The predicted molar refractivity (Wildman–Crippen MR) is 146 cm³/mol. The second-order valence-electron chi connectivity index (χ2n) is 12.5. The van der Waals surface area contributed by atoms with Crippen molar-refractivity contribution < 1.29 is 29.4 Å². The second kappa shape index (κ2) is 10.2. The Morgan fingerprint density at radius 2 is 1.77 bits per heavy atom. The van der Waals surface area contributed by atoms with Crippen LogP contribution in [0.3, 0.4) is 0 Å². The minimum atomic E-state index is -1.19. The van der Waals surface area contributed by atoms with Crippen LogP contribution in [0.5, 0.6) is 0 Å². The molecule has 0 saturated heterocycles. The smallest absolute Gasteiger partial charge is 0.330 e. The first kappa shape index (κ1) is 27.6. The summed E-state index contributed by atoms with van der Waals surface area (Å²) in [4.78, 5) is 41.9. The molecule has 4 aliphatic carbocycles. The SMILES string of the molecule is CC(=O)[C@@]1(O)CCC2C3CCC4=CC(=NOCC(=O)NC(C(=O)O)c5ccccc5)CC[C@]4(C)C3CC[C@@]21C. The topological polar surface area (TPSA) is 125 Å². The minimum Gasteiger partial charge on any atom is -0.479 e. The fourth-order valence-corrected chi connectivity index (χ4v) is 8.55. The fourth-order valence-electron chi connectivity index (χ4n) is 8.55. The van der Waals surface area contributed by atoms with E-state index in [1.165, 1.54) is 5.57 Å². The van der Waals surface area contributed by atoms with Gasteiger partial charge in [-0.2, -0.15) is 0 Å². The maximum absolute atomic E-state index is 12.5. The van der Waals surface area contributed by atoms with E-state index in [0.717, 1.165) is 50.7 Å². The highest BCUT2D eigenvalue weighted by atomic mass is 16.6. The molecular weight excluding hydrogens is 496 g/mol. The van der Waals surface area contributed by atoms with E-state index in [1.54, 1.807) is 37.3 Å². The van der Waals surface area contributed by atoms with E-state index in [1.807, 2.05) is 0 Å². The zero-order valence-corrected chi connectivity index (χ0v) is 23.1. The van der Waals surface area contributed by atoms with Gasteiger partial charge in [0.1, 0.15) is 5.60 Å². The Kier molecular flexibility index (Phi) is 7.20. The number of amides is 1. The molecule has 3 fully saturated rings. The van der Waals surface area contributed by atoms with Gasteiger partial charge in [0.15, 0.2) is 18.4 Å². The molecule has 1 aromatic carbocycles. The minimum absolute atomic E-state index is 0.0575. The number of nitrogens with zero attached hydrogens (tertiary/aromatic N) is 1. The first-order chi connectivity index (χ1) is 18.5. The van der Waals surface area contributed by atoms with Gasteiger partial charge in [0.25, 0.3) is 5.91 Å². The summed E-state index contributed by atoms with van der Waals surface area (Å²) in [7, 11) is 0. The molecule has 0 aliphatic heterocycles. The van der Waals surface area contributed by atoms with Gasteiger partial charge >= 0.3 is 5.97 Å². The third-order valence-electron chi connectivity index (χ3n) is 10.8. The number of rotatable bonds is 7. The average Bonchev–Trinajstić information content (AvgIpc) is 3.19. The van der Waals surface area contributed by atoms with E-state index < -0.39 is 23.5 Å². The molecule has 0 bridgehead atoms. The number of allylic oxidation sites excluding steroid dienone is 2. The maximum atomic E-state index is 12.5. The van der Waals surface area contributed by atoms with Gasteiger partial charge in [-0.25, -0.2) is 4.79 Å². The summed E-state index contributed by atoms with van der Waals surface area (Å²) in [5.41, 5.74) is 1.19. The van der Waals surface area contributed by atoms with Crippen LogP contribution in [0.25, 0.3) is 0 Å². The molecule has 0 radical (unpaired) electrons. The second-order valence-corrected chi connectivity index (χ2v) is 12.5. The Hall–Kier alpha value is -3.00. The molecule has 1 amide bonds. The Morgan fingerprint density at radius 3 is 2.46 bits per heavy atom. The zero-order valence-electron chi connectivity index (χ0n) is 23.1. The Labute approximate surface area is 229 Å². The standard InChI is InChI=1S/C31H40N2O6/c1-19(34)31(38)16-13-25-23-10-9-21-17-22(11-14-29(21,2)24(23)12-15-30(25,31)3)33-39-18-26(35)32-27(28(36)37)20-7-5-4-6-8-20/h4-8,17,23-25,27,38H,9-16,18H2,1-3H3,(H,32,35)(H,36,37)/t23?,24?,25?,27?,29-,30-,31-/m0/s1. The molecule has 3 N–H and O–H groups in total. The number of ketones is 1. The summed E-state index contributed by atoms with van der Waals surface area (Å²) in [6, 6.07) is 7.40. The summed E-state index contributed by atoms with van der Waals surface area (Å²) in [6.07, 6.45) is 9.21. The quantitative estimate of drug-likeness (QED) is 0.438. The number of benzene rings is 1. The molecule has 0 heterocycles. The lowest BCUT2D eigenvalue weighted by Crippen LogP contribution is -2.57. The van der Waals surface area contributed by atoms with Crippen molar-refractivity contribution in [1.82, 2.24) is 5.32 Å². The molecule has 7 atom stereocenters. The van der Waals surface area contributed by atoms with Crippen molar-refractivity contribution >= 4 is 23.4 Å². The van der Waals surface area contributed by atoms with Crippen LogP contribution in [0, 0.1) is 28.6 Å². The lowest BCUT2D eigenvalue weighted by molar-refractivity contribution is -0.159. The van der Waals surface area contributed by atoms with Crippen LogP contribution in [0.1, 0.15) is 83.7 Å². The number of nitrogens with one attached hydrogen (secondary N) is 1. The lowest BCUT2D eigenvalue weighted by atomic mass is 9.46. The van der Waals surface area contributed by atoms with Gasteiger partial charge < -0.3 is 20.4 Å². The first-order valence-corrected chi connectivity index (χ1v) is 14.2. The molecule has 0 aromatic heterocycles. The van der Waals surface area contributed by atoms with Crippen LogP contribution in [-0.4, -0.2) is 45.8 Å². The largest absolute Gasteiger partial charge is 0.479 e. The monoisotopic (exact) mass is 536 g/mol. The van der Waals surface area contributed by atoms with E-state index >= 15 is 0 Å². The van der Waals surface area contributed by atoms with Crippen molar-refractivity contribution in [3.63, 3.8) is 0 Å². The normalized spacial score (nSPS) is 37.1. The highest BCUT2D eigenvalue weighted by molar-refractivity contribution is 5.96. The van der Waals surface area contributed by atoms with Crippen LogP contribution in [-0.2, 0) is 19.2 Å². The van der Waals surface area contributed by atoms with Crippen molar-refractivity contribution in [2.24, 2.45) is 33.7 Å².